The van der Waals surface area contributed by atoms with Gasteiger partial charge in [-0.15, -0.1) is 0 Å². The van der Waals surface area contributed by atoms with Crippen molar-refractivity contribution in [3.63, 3.8) is 0 Å². The molecule has 0 heterocycles. The summed E-state index contributed by atoms with van der Waals surface area (Å²) in [6, 6.07) is 8.85. The van der Waals surface area contributed by atoms with Gasteiger partial charge in [-0.2, -0.15) is 13.2 Å². The minimum Gasteiger partial charge on any atom is -0.355 e. The third-order valence-corrected chi connectivity index (χ3v) is 2.77. The molecule has 21 heavy (non-hydrogen) atoms. The Bertz CT molecular complexity index is 646. The van der Waals surface area contributed by atoms with Crippen molar-refractivity contribution in [2.24, 2.45) is 4.99 Å². The van der Waals surface area contributed by atoms with Gasteiger partial charge in [0.25, 0.3) is 0 Å². The van der Waals surface area contributed by atoms with Gasteiger partial charge in [-0.1, -0.05) is 0 Å². The zero-order valence-corrected chi connectivity index (χ0v) is 11.1. The van der Waals surface area contributed by atoms with E-state index >= 15 is 0 Å². The average molecular weight is 296 g/mol. The van der Waals surface area contributed by atoms with E-state index in [2.05, 4.69) is 10.3 Å². The SMILES string of the molecule is CN=Cc1cc(C(F)(F)F)ccc1Nc1ccc(F)cc1. The van der Waals surface area contributed by atoms with Gasteiger partial charge in [0.05, 0.1) is 5.56 Å². The molecule has 6 heteroatoms. The van der Waals surface area contributed by atoms with Crippen molar-refractivity contribution in [2.75, 3.05) is 12.4 Å². The van der Waals surface area contributed by atoms with E-state index in [0.717, 1.165) is 12.1 Å². The molecule has 2 aromatic rings. The van der Waals surface area contributed by atoms with Crippen LogP contribution in [0.25, 0.3) is 0 Å². The number of halogens is 4. The lowest BCUT2D eigenvalue weighted by Crippen LogP contribution is -2.06. The molecule has 2 rings (SSSR count). The van der Waals surface area contributed by atoms with E-state index in [-0.39, 0.29) is 5.82 Å². The van der Waals surface area contributed by atoms with Crippen LogP contribution in [0.1, 0.15) is 11.1 Å². The summed E-state index contributed by atoms with van der Waals surface area (Å²) < 4.78 is 50.9. The zero-order chi connectivity index (χ0) is 15.5. The van der Waals surface area contributed by atoms with E-state index in [0.29, 0.717) is 16.9 Å². The maximum atomic E-state index is 12.8. The molecule has 0 radical (unpaired) electrons. The Kier molecular flexibility index (Phi) is 4.26. The maximum Gasteiger partial charge on any atom is 0.416 e. The lowest BCUT2D eigenvalue weighted by molar-refractivity contribution is -0.137. The van der Waals surface area contributed by atoms with Gasteiger partial charge in [0.15, 0.2) is 0 Å². The summed E-state index contributed by atoms with van der Waals surface area (Å²) in [6.45, 7) is 0. The summed E-state index contributed by atoms with van der Waals surface area (Å²) >= 11 is 0. The lowest BCUT2D eigenvalue weighted by atomic mass is 10.1. The van der Waals surface area contributed by atoms with Crippen LogP contribution in [-0.4, -0.2) is 13.3 Å². The molecule has 0 fully saturated rings. The van der Waals surface area contributed by atoms with Crippen molar-refractivity contribution in [3.05, 3.63) is 59.4 Å². The van der Waals surface area contributed by atoms with Crippen molar-refractivity contribution in [1.82, 2.24) is 0 Å². The van der Waals surface area contributed by atoms with Crippen LogP contribution < -0.4 is 5.32 Å². The van der Waals surface area contributed by atoms with Gasteiger partial charge in [0.2, 0.25) is 0 Å². The Morgan fingerprint density at radius 2 is 1.71 bits per heavy atom. The first kappa shape index (κ1) is 15.0. The quantitative estimate of drug-likeness (QED) is 0.647. The molecular formula is C15H12F4N2. The van der Waals surface area contributed by atoms with Crippen LogP contribution in [0.3, 0.4) is 0 Å². The Hall–Kier alpha value is -2.37. The standard InChI is InChI=1S/C15H12F4N2/c1-20-9-10-8-11(15(17,18)19)2-7-14(10)21-13-5-3-12(16)4-6-13/h2-9,21H,1H3. The largest absolute Gasteiger partial charge is 0.416 e. The predicted molar refractivity (Wildman–Crippen MR) is 74.6 cm³/mol. The molecule has 0 unspecified atom stereocenters. The van der Waals surface area contributed by atoms with Gasteiger partial charge in [0.1, 0.15) is 5.82 Å². The van der Waals surface area contributed by atoms with E-state index in [1.807, 2.05) is 0 Å². The molecule has 0 bridgehead atoms. The fraction of sp³-hybridized carbons (Fsp3) is 0.133. The average Bonchev–Trinajstić information content (AvgIpc) is 2.42. The topological polar surface area (TPSA) is 24.4 Å². The molecule has 0 aliphatic carbocycles. The van der Waals surface area contributed by atoms with Crippen molar-refractivity contribution in [2.45, 2.75) is 6.18 Å². The number of anilines is 2. The van der Waals surface area contributed by atoms with E-state index in [1.54, 1.807) is 0 Å². The highest BCUT2D eigenvalue weighted by atomic mass is 19.4. The van der Waals surface area contributed by atoms with Crippen LogP contribution in [0, 0.1) is 5.82 Å². The van der Waals surface area contributed by atoms with Crippen LogP contribution in [0.15, 0.2) is 47.5 Å². The summed E-state index contributed by atoms with van der Waals surface area (Å²) in [5.74, 6) is -0.386. The van der Waals surface area contributed by atoms with Crippen molar-refractivity contribution < 1.29 is 17.6 Å². The second kappa shape index (κ2) is 5.95. The molecule has 1 N–H and O–H groups in total. The monoisotopic (exact) mass is 296 g/mol. The highest BCUT2D eigenvalue weighted by molar-refractivity contribution is 5.89. The number of hydrogen-bond donors (Lipinski definition) is 1. The number of nitrogens with one attached hydrogen (secondary N) is 1. The summed E-state index contributed by atoms with van der Waals surface area (Å²) in [5, 5.41) is 2.94. The third-order valence-electron chi connectivity index (χ3n) is 2.77. The van der Waals surface area contributed by atoms with Gasteiger partial charge in [-0.05, 0) is 42.5 Å². The van der Waals surface area contributed by atoms with Gasteiger partial charge in [0, 0.05) is 30.2 Å². The second-order valence-corrected chi connectivity index (χ2v) is 4.32. The Balaban J connectivity index is 2.36. The molecule has 110 valence electrons. The van der Waals surface area contributed by atoms with Crippen molar-refractivity contribution >= 4 is 17.6 Å². The molecule has 0 amide bonds. The van der Waals surface area contributed by atoms with Crippen LogP contribution in [0.4, 0.5) is 28.9 Å². The first-order chi connectivity index (χ1) is 9.90. The van der Waals surface area contributed by atoms with Crippen LogP contribution in [-0.2, 0) is 6.18 Å². The smallest absolute Gasteiger partial charge is 0.355 e. The van der Waals surface area contributed by atoms with Gasteiger partial charge in [-0.25, -0.2) is 4.39 Å². The van der Waals surface area contributed by atoms with Crippen molar-refractivity contribution in [3.8, 4) is 0 Å². The van der Waals surface area contributed by atoms with Crippen LogP contribution in [0.5, 0.6) is 0 Å². The number of nitrogens with zero attached hydrogens (tertiary/aromatic N) is 1. The second-order valence-electron chi connectivity index (χ2n) is 4.32. The first-order valence-electron chi connectivity index (χ1n) is 6.06. The zero-order valence-electron chi connectivity index (χ0n) is 11.1. The molecular weight excluding hydrogens is 284 g/mol. The maximum absolute atomic E-state index is 12.8. The number of benzene rings is 2. The Labute approximate surface area is 119 Å². The molecule has 0 aliphatic rings. The molecule has 2 nitrogen and oxygen atoms in total. The number of aliphatic imine (C=N–C) groups is 1. The molecule has 0 spiro atoms. The number of rotatable bonds is 3. The molecule has 0 aliphatic heterocycles. The molecule has 0 saturated carbocycles. The number of alkyl halides is 3. The number of hydrogen-bond acceptors (Lipinski definition) is 2. The molecule has 2 aromatic carbocycles. The van der Waals surface area contributed by atoms with Gasteiger partial charge < -0.3 is 5.32 Å². The normalized spacial score (nSPS) is 11.9. The van der Waals surface area contributed by atoms with Gasteiger partial charge in [-0.3, -0.25) is 4.99 Å². The molecule has 0 aromatic heterocycles. The fourth-order valence-corrected chi connectivity index (χ4v) is 1.79. The highest BCUT2D eigenvalue weighted by Crippen LogP contribution is 2.32. The summed E-state index contributed by atoms with van der Waals surface area (Å²) in [7, 11) is 1.47. The van der Waals surface area contributed by atoms with Gasteiger partial charge >= 0.3 is 6.18 Å². The third kappa shape index (κ3) is 3.81. The van der Waals surface area contributed by atoms with E-state index in [4.69, 9.17) is 0 Å². The lowest BCUT2D eigenvalue weighted by Gasteiger charge is -2.13. The fourth-order valence-electron chi connectivity index (χ4n) is 1.79. The van der Waals surface area contributed by atoms with E-state index in [9.17, 15) is 17.6 Å². The summed E-state index contributed by atoms with van der Waals surface area (Å²) in [4.78, 5) is 3.75. The van der Waals surface area contributed by atoms with Crippen molar-refractivity contribution in [1.29, 1.82) is 0 Å². The molecule has 0 saturated heterocycles. The van der Waals surface area contributed by atoms with E-state index in [1.165, 1.54) is 43.6 Å². The first-order valence-corrected chi connectivity index (χ1v) is 6.06. The molecule has 0 atom stereocenters. The Morgan fingerprint density at radius 3 is 2.29 bits per heavy atom. The van der Waals surface area contributed by atoms with E-state index < -0.39 is 11.7 Å². The summed E-state index contributed by atoms with van der Waals surface area (Å²) in [6.07, 6.45) is -3.08. The summed E-state index contributed by atoms with van der Waals surface area (Å²) in [5.41, 5.74) is 0.584. The van der Waals surface area contributed by atoms with Crippen LogP contribution in [0.2, 0.25) is 0 Å². The van der Waals surface area contributed by atoms with Crippen LogP contribution >= 0.6 is 0 Å². The highest BCUT2D eigenvalue weighted by Gasteiger charge is 2.30. The predicted octanol–water partition coefficient (Wildman–Crippen LogP) is 4.64. The minimum atomic E-state index is -4.41. The minimum absolute atomic E-state index is 0.302. The Morgan fingerprint density at radius 1 is 1.05 bits per heavy atom.